The maximum atomic E-state index is 11.3. The van der Waals surface area contributed by atoms with Crippen molar-refractivity contribution in [3.05, 3.63) is 28.5 Å². The second-order valence-corrected chi connectivity index (χ2v) is 3.01. The van der Waals surface area contributed by atoms with E-state index in [1.165, 1.54) is 12.3 Å². The highest BCUT2D eigenvalue weighted by Gasteiger charge is 2.13. The van der Waals surface area contributed by atoms with Gasteiger partial charge in [-0.25, -0.2) is 9.78 Å². The number of carbonyl (C=O) groups excluding carboxylic acids is 2. The zero-order valence-electron chi connectivity index (χ0n) is 7.99. The Morgan fingerprint density at radius 3 is 2.80 bits per heavy atom. The molecule has 5 nitrogen and oxygen atoms in total. The number of rotatable bonds is 3. The first-order chi connectivity index (χ1) is 7.06. The molecule has 1 aromatic rings. The number of primary amides is 1. The molecule has 0 unspecified atom stereocenters. The largest absolute Gasteiger partial charge is 0.462 e. The van der Waals surface area contributed by atoms with Crippen LogP contribution < -0.4 is 5.73 Å². The van der Waals surface area contributed by atoms with Gasteiger partial charge in [0.2, 0.25) is 0 Å². The highest BCUT2D eigenvalue weighted by Crippen LogP contribution is 2.14. The fraction of sp³-hybridized carbons (Fsp3) is 0.222. The van der Waals surface area contributed by atoms with Gasteiger partial charge in [0.05, 0.1) is 17.7 Å². The molecule has 6 heteroatoms. The highest BCUT2D eigenvalue weighted by atomic mass is 35.5. The van der Waals surface area contributed by atoms with Crippen molar-refractivity contribution in [3.8, 4) is 0 Å². The predicted molar refractivity (Wildman–Crippen MR) is 53.7 cm³/mol. The second-order valence-electron chi connectivity index (χ2n) is 2.65. The Morgan fingerprint density at radius 1 is 1.60 bits per heavy atom. The van der Waals surface area contributed by atoms with Crippen LogP contribution in [0, 0.1) is 0 Å². The van der Waals surface area contributed by atoms with Crippen molar-refractivity contribution in [2.24, 2.45) is 5.73 Å². The summed E-state index contributed by atoms with van der Waals surface area (Å²) in [6.45, 7) is 1.92. The summed E-state index contributed by atoms with van der Waals surface area (Å²) in [4.78, 5) is 25.8. The number of nitrogens with two attached hydrogens (primary N) is 1. The lowest BCUT2D eigenvalue weighted by Gasteiger charge is -2.03. The van der Waals surface area contributed by atoms with E-state index in [2.05, 4.69) is 4.98 Å². The van der Waals surface area contributed by atoms with Gasteiger partial charge in [-0.05, 0) is 13.0 Å². The fourth-order valence-electron chi connectivity index (χ4n) is 0.947. The molecule has 80 valence electrons. The van der Waals surface area contributed by atoms with E-state index in [0.29, 0.717) is 0 Å². The van der Waals surface area contributed by atoms with Crippen LogP contribution in [0.4, 0.5) is 0 Å². The molecule has 0 aliphatic carbocycles. The molecule has 0 aliphatic heterocycles. The van der Waals surface area contributed by atoms with E-state index in [4.69, 9.17) is 22.1 Å². The Hall–Kier alpha value is -1.62. The van der Waals surface area contributed by atoms with Gasteiger partial charge in [0.25, 0.3) is 5.91 Å². The van der Waals surface area contributed by atoms with E-state index in [9.17, 15) is 9.59 Å². The van der Waals surface area contributed by atoms with Crippen LogP contribution in [0.3, 0.4) is 0 Å². The number of amides is 1. The average molecular weight is 229 g/mol. The van der Waals surface area contributed by atoms with Gasteiger partial charge in [0.15, 0.2) is 0 Å². The molecule has 2 N–H and O–H groups in total. The first-order valence-electron chi connectivity index (χ1n) is 4.18. The van der Waals surface area contributed by atoms with Crippen LogP contribution in [0.25, 0.3) is 0 Å². The number of hydrogen-bond donors (Lipinski definition) is 1. The van der Waals surface area contributed by atoms with Crippen molar-refractivity contribution in [2.45, 2.75) is 6.92 Å². The molecule has 1 amide bonds. The molecular weight excluding hydrogens is 220 g/mol. The van der Waals surface area contributed by atoms with E-state index >= 15 is 0 Å². The molecule has 0 aromatic carbocycles. The third kappa shape index (κ3) is 2.66. The molecule has 1 heterocycles. The number of ether oxygens (including phenoxy) is 1. The lowest BCUT2D eigenvalue weighted by Crippen LogP contribution is -2.14. The van der Waals surface area contributed by atoms with Gasteiger partial charge < -0.3 is 10.5 Å². The summed E-state index contributed by atoms with van der Waals surface area (Å²) in [5.74, 6) is -1.30. The normalized spacial score (nSPS) is 9.73. The van der Waals surface area contributed by atoms with E-state index in [0.717, 1.165) is 0 Å². The lowest BCUT2D eigenvalue weighted by atomic mass is 10.2. The van der Waals surface area contributed by atoms with Gasteiger partial charge in [0.1, 0.15) is 5.15 Å². The molecule has 0 saturated carbocycles. The number of carbonyl (C=O) groups is 2. The topological polar surface area (TPSA) is 82.3 Å². The van der Waals surface area contributed by atoms with E-state index in [-0.39, 0.29) is 22.9 Å². The van der Waals surface area contributed by atoms with Crippen LogP contribution in [0.2, 0.25) is 5.15 Å². The first kappa shape index (κ1) is 11.5. The molecule has 0 bridgehead atoms. The minimum absolute atomic E-state index is 0.00206. The van der Waals surface area contributed by atoms with Crippen LogP contribution >= 0.6 is 11.6 Å². The standard InChI is InChI=1S/C9H9ClN2O3/c1-2-15-9(14)5-3-6(8(11)13)7(10)12-4-5/h3-4H,2H2,1H3,(H2,11,13). The Labute approximate surface area is 91.2 Å². The zero-order valence-corrected chi connectivity index (χ0v) is 8.75. The molecule has 0 aliphatic rings. The van der Waals surface area contributed by atoms with Crippen molar-refractivity contribution in [2.75, 3.05) is 6.61 Å². The Bertz CT molecular complexity index is 406. The predicted octanol–water partition coefficient (Wildman–Crippen LogP) is 1.01. The number of aromatic nitrogens is 1. The molecule has 0 radical (unpaired) electrons. The molecule has 0 fully saturated rings. The van der Waals surface area contributed by atoms with Gasteiger partial charge in [0, 0.05) is 6.20 Å². The number of pyridine rings is 1. The summed E-state index contributed by atoms with van der Waals surface area (Å²) >= 11 is 5.61. The quantitative estimate of drug-likeness (QED) is 0.618. The number of esters is 1. The van der Waals surface area contributed by atoms with Gasteiger partial charge in [-0.2, -0.15) is 0 Å². The Morgan fingerprint density at radius 2 is 2.27 bits per heavy atom. The van der Waals surface area contributed by atoms with Crippen LogP contribution in [-0.4, -0.2) is 23.5 Å². The number of nitrogens with zero attached hydrogens (tertiary/aromatic N) is 1. The molecule has 0 spiro atoms. The summed E-state index contributed by atoms with van der Waals surface area (Å²) < 4.78 is 4.73. The first-order valence-corrected chi connectivity index (χ1v) is 4.56. The van der Waals surface area contributed by atoms with Crippen molar-refractivity contribution in [1.82, 2.24) is 4.98 Å². The lowest BCUT2D eigenvalue weighted by molar-refractivity contribution is 0.0526. The van der Waals surface area contributed by atoms with Gasteiger partial charge >= 0.3 is 5.97 Å². The monoisotopic (exact) mass is 228 g/mol. The molecule has 0 atom stereocenters. The molecule has 15 heavy (non-hydrogen) atoms. The van der Waals surface area contributed by atoms with Gasteiger partial charge in [-0.15, -0.1) is 0 Å². The Balaban J connectivity index is 3.07. The van der Waals surface area contributed by atoms with Crippen LogP contribution in [-0.2, 0) is 4.74 Å². The van der Waals surface area contributed by atoms with Gasteiger partial charge in [-0.3, -0.25) is 4.79 Å². The maximum absolute atomic E-state index is 11.3. The second kappa shape index (κ2) is 4.75. The minimum atomic E-state index is -0.737. The number of halogens is 1. The third-order valence-corrected chi connectivity index (χ3v) is 1.92. The minimum Gasteiger partial charge on any atom is -0.462 e. The summed E-state index contributed by atoms with van der Waals surface area (Å²) in [5, 5.41) is -0.0319. The third-order valence-electron chi connectivity index (χ3n) is 1.62. The van der Waals surface area contributed by atoms with E-state index in [1.54, 1.807) is 6.92 Å². The van der Waals surface area contributed by atoms with Crippen molar-refractivity contribution in [1.29, 1.82) is 0 Å². The van der Waals surface area contributed by atoms with Crippen molar-refractivity contribution < 1.29 is 14.3 Å². The molecule has 1 aromatic heterocycles. The average Bonchev–Trinajstić information content (AvgIpc) is 2.18. The zero-order chi connectivity index (χ0) is 11.4. The maximum Gasteiger partial charge on any atom is 0.339 e. The van der Waals surface area contributed by atoms with Crippen LogP contribution in [0.15, 0.2) is 12.3 Å². The highest BCUT2D eigenvalue weighted by molar-refractivity contribution is 6.32. The van der Waals surface area contributed by atoms with Crippen molar-refractivity contribution in [3.63, 3.8) is 0 Å². The summed E-state index contributed by atoms with van der Waals surface area (Å²) in [5.41, 5.74) is 5.19. The van der Waals surface area contributed by atoms with Crippen molar-refractivity contribution >= 4 is 23.5 Å². The SMILES string of the molecule is CCOC(=O)c1cnc(Cl)c(C(N)=O)c1. The van der Waals surface area contributed by atoms with Gasteiger partial charge in [-0.1, -0.05) is 11.6 Å². The fourth-order valence-corrected chi connectivity index (χ4v) is 1.14. The molecule has 1 rings (SSSR count). The summed E-state index contributed by atoms with van der Waals surface area (Å²) in [6, 6.07) is 1.26. The summed E-state index contributed by atoms with van der Waals surface area (Å²) in [7, 11) is 0. The number of hydrogen-bond acceptors (Lipinski definition) is 4. The molecular formula is C9H9ClN2O3. The smallest absolute Gasteiger partial charge is 0.339 e. The van der Waals surface area contributed by atoms with Crippen LogP contribution in [0.5, 0.6) is 0 Å². The Kier molecular flexibility index (Phi) is 3.62. The van der Waals surface area contributed by atoms with Crippen LogP contribution in [0.1, 0.15) is 27.6 Å². The van der Waals surface area contributed by atoms with E-state index in [1.807, 2.05) is 0 Å². The van der Waals surface area contributed by atoms with E-state index < -0.39 is 11.9 Å². The summed E-state index contributed by atoms with van der Waals surface area (Å²) in [6.07, 6.45) is 1.23. The molecule has 0 saturated heterocycles.